The number of thiazole rings is 1. The molecule has 4 rings (SSSR count). The van der Waals surface area contributed by atoms with E-state index in [4.69, 9.17) is 0 Å². The molecule has 0 unspecified atom stereocenters. The van der Waals surface area contributed by atoms with Crippen LogP contribution in [0.25, 0.3) is 11.0 Å². The van der Waals surface area contributed by atoms with Gasteiger partial charge in [-0.1, -0.05) is 0 Å². The third kappa shape index (κ3) is 2.29. The lowest BCUT2D eigenvalue weighted by atomic mass is 10.0. The van der Waals surface area contributed by atoms with Crippen molar-refractivity contribution < 1.29 is 4.79 Å². The average molecular weight is 299 g/mol. The van der Waals surface area contributed by atoms with Crippen LogP contribution in [0.5, 0.6) is 0 Å². The van der Waals surface area contributed by atoms with Gasteiger partial charge in [-0.2, -0.15) is 15.4 Å². The first-order chi connectivity index (χ1) is 10.3. The lowest BCUT2D eigenvalue weighted by Gasteiger charge is -2.06. The number of rotatable bonds is 2. The van der Waals surface area contributed by atoms with Gasteiger partial charge in [-0.15, -0.1) is 11.3 Å². The maximum absolute atomic E-state index is 12.3. The number of hydrogen-bond acceptors (Lipinski definition) is 5. The minimum absolute atomic E-state index is 0.161. The number of nitrogens with zero attached hydrogens (tertiary/aromatic N) is 3. The third-order valence-electron chi connectivity index (χ3n) is 3.64. The van der Waals surface area contributed by atoms with Crippen molar-refractivity contribution in [2.24, 2.45) is 0 Å². The largest absolute Gasteiger partial charge is 0.298 e. The zero-order chi connectivity index (χ0) is 14.2. The lowest BCUT2D eigenvalue weighted by molar-refractivity contribution is 0.102. The van der Waals surface area contributed by atoms with Gasteiger partial charge in [0.05, 0.1) is 5.69 Å². The van der Waals surface area contributed by atoms with Gasteiger partial charge in [-0.3, -0.25) is 10.1 Å². The Morgan fingerprint density at radius 1 is 1.19 bits per heavy atom. The Morgan fingerprint density at radius 3 is 2.95 bits per heavy atom. The van der Waals surface area contributed by atoms with E-state index in [9.17, 15) is 4.79 Å². The highest BCUT2D eigenvalue weighted by atomic mass is 32.1. The van der Waals surface area contributed by atoms with E-state index < -0.39 is 0 Å². The van der Waals surface area contributed by atoms with Crippen LogP contribution in [0.2, 0.25) is 0 Å². The van der Waals surface area contributed by atoms with Crippen LogP contribution in [0.4, 0.5) is 5.13 Å². The highest BCUT2D eigenvalue weighted by molar-refractivity contribution is 7.15. The molecule has 0 radical (unpaired) electrons. The second kappa shape index (κ2) is 4.92. The number of fused-ring (bicyclic) bond motifs is 2. The molecule has 7 heteroatoms. The van der Waals surface area contributed by atoms with E-state index >= 15 is 0 Å². The monoisotopic (exact) mass is 299 g/mol. The Kier molecular flexibility index (Phi) is 2.92. The Labute approximate surface area is 124 Å². The molecule has 21 heavy (non-hydrogen) atoms. The van der Waals surface area contributed by atoms with E-state index in [1.54, 1.807) is 29.5 Å². The number of hydrogen-bond donors (Lipinski definition) is 2. The van der Waals surface area contributed by atoms with Crippen molar-refractivity contribution in [3.63, 3.8) is 0 Å². The van der Waals surface area contributed by atoms with Gasteiger partial charge in [0.15, 0.2) is 5.13 Å². The van der Waals surface area contributed by atoms with Crippen LogP contribution in [0.1, 0.15) is 33.8 Å². The zero-order valence-corrected chi connectivity index (χ0v) is 12.0. The number of carbonyl (C=O) groups excluding carboxylic acids is 1. The second-order valence-corrected chi connectivity index (χ2v) is 6.16. The lowest BCUT2D eigenvalue weighted by Crippen LogP contribution is -2.11. The predicted molar refractivity (Wildman–Crippen MR) is 80.6 cm³/mol. The predicted octanol–water partition coefficient (Wildman–Crippen LogP) is 2.55. The molecule has 1 aromatic carbocycles. The van der Waals surface area contributed by atoms with Gasteiger partial charge in [-0.05, 0) is 43.9 Å². The summed E-state index contributed by atoms with van der Waals surface area (Å²) in [7, 11) is 0. The van der Waals surface area contributed by atoms with Gasteiger partial charge in [0.25, 0.3) is 5.91 Å². The molecule has 2 aromatic heterocycles. The van der Waals surface area contributed by atoms with E-state index in [-0.39, 0.29) is 5.91 Å². The summed E-state index contributed by atoms with van der Waals surface area (Å²) in [6.45, 7) is 0. The normalized spacial score (nSPS) is 14.1. The van der Waals surface area contributed by atoms with Crippen molar-refractivity contribution in [2.45, 2.75) is 25.7 Å². The Morgan fingerprint density at radius 2 is 2.05 bits per heavy atom. The van der Waals surface area contributed by atoms with Crippen molar-refractivity contribution in [2.75, 3.05) is 5.32 Å². The molecular weight excluding hydrogens is 286 g/mol. The topological polar surface area (TPSA) is 83.6 Å². The fraction of sp³-hybridized carbons (Fsp3) is 0.286. The SMILES string of the molecule is O=C(Nc1nc2c(s1)CCCC2)c1ccc2n[nH]nc2c1. The maximum atomic E-state index is 12.3. The molecular formula is C14H13N5OS. The highest BCUT2D eigenvalue weighted by Gasteiger charge is 2.17. The standard InChI is InChI=1S/C14H13N5OS/c20-13(8-5-6-9-11(7-8)18-19-17-9)16-14-15-10-3-1-2-4-12(10)21-14/h5-7H,1-4H2,(H,15,16,20)(H,17,18,19). The number of anilines is 1. The van der Waals surface area contributed by atoms with Crippen molar-refractivity contribution in [3.05, 3.63) is 34.3 Å². The molecule has 0 fully saturated rings. The van der Waals surface area contributed by atoms with Gasteiger partial charge in [0, 0.05) is 10.4 Å². The Bertz CT molecular complexity index is 798. The summed E-state index contributed by atoms with van der Waals surface area (Å²) >= 11 is 1.59. The summed E-state index contributed by atoms with van der Waals surface area (Å²) in [4.78, 5) is 18.1. The summed E-state index contributed by atoms with van der Waals surface area (Å²) in [6.07, 6.45) is 4.50. The zero-order valence-electron chi connectivity index (χ0n) is 11.2. The quantitative estimate of drug-likeness (QED) is 0.761. The number of nitrogens with one attached hydrogen (secondary N) is 2. The van der Waals surface area contributed by atoms with Crippen molar-refractivity contribution in [1.82, 2.24) is 20.4 Å². The summed E-state index contributed by atoms with van der Waals surface area (Å²) in [6, 6.07) is 5.25. The van der Waals surface area contributed by atoms with E-state index in [2.05, 4.69) is 25.7 Å². The molecule has 3 aromatic rings. The molecule has 1 aliphatic carbocycles. The van der Waals surface area contributed by atoms with Crippen molar-refractivity contribution >= 4 is 33.4 Å². The number of aryl methyl sites for hydroxylation is 2. The van der Waals surface area contributed by atoms with Gasteiger partial charge in [0.1, 0.15) is 11.0 Å². The summed E-state index contributed by atoms with van der Waals surface area (Å²) in [5.74, 6) is -0.161. The summed E-state index contributed by atoms with van der Waals surface area (Å²) in [5, 5.41) is 14.1. The molecule has 2 heterocycles. The summed E-state index contributed by atoms with van der Waals surface area (Å²) in [5.41, 5.74) is 3.13. The average Bonchev–Trinajstić information content (AvgIpc) is 3.11. The maximum Gasteiger partial charge on any atom is 0.257 e. The number of amides is 1. The fourth-order valence-electron chi connectivity index (χ4n) is 2.56. The van der Waals surface area contributed by atoms with Gasteiger partial charge in [0.2, 0.25) is 0 Å². The van der Waals surface area contributed by atoms with E-state index in [0.29, 0.717) is 16.2 Å². The molecule has 6 nitrogen and oxygen atoms in total. The minimum atomic E-state index is -0.161. The molecule has 0 aliphatic heterocycles. The van der Waals surface area contributed by atoms with Crippen LogP contribution in [0.3, 0.4) is 0 Å². The number of aromatic nitrogens is 4. The molecule has 2 N–H and O–H groups in total. The molecule has 1 aliphatic rings. The number of aromatic amines is 1. The van der Waals surface area contributed by atoms with E-state index in [1.807, 2.05) is 0 Å². The van der Waals surface area contributed by atoms with Crippen LogP contribution in [-0.2, 0) is 12.8 Å². The number of carbonyl (C=O) groups is 1. The van der Waals surface area contributed by atoms with Crippen LogP contribution < -0.4 is 5.32 Å². The highest BCUT2D eigenvalue weighted by Crippen LogP contribution is 2.29. The minimum Gasteiger partial charge on any atom is -0.298 e. The molecule has 0 saturated heterocycles. The van der Waals surface area contributed by atoms with Gasteiger partial charge >= 0.3 is 0 Å². The van der Waals surface area contributed by atoms with Crippen LogP contribution in [0.15, 0.2) is 18.2 Å². The molecule has 0 spiro atoms. The molecule has 106 valence electrons. The molecule has 0 bridgehead atoms. The first-order valence-corrected chi connectivity index (χ1v) is 7.72. The van der Waals surface area contributed by atoms with E-state index in [0.717, 1.165) is 24.1 Å². The number of H-pyrrole nitrogens is 1. The van der Waals surface area contributed by atoms with Crippen LogP contribution in [0, 0.1) is 0 Å². The smallest absolute Gasteiger partial charge is 0.257 e. The Hall–Kier alpha value is -2.28. The van der Waals surface area contributed by atoms with Gasteiger partial charge in [-0.25, -0.2) is 4.98 Å². The van der Waals surface area contributed by atoms with Crippen molar-refractivity contribution in [3.8, 4) is 0 Å². The summed E-state index contributed by atoms with van der Waals surface area (Å²) < 4.78 is 0. The van der Waals surface area contributed by atoms with E-state index in [1.165, 1.54) is 17.7 Å². The molecule has 0 atom stereocenters. The second-order valence-electron chi connectivity index (χ2n) is 5.08. The van der Waals surface area contributed by atoms with Crippen LogP contribution >= 0.6 is 11.3 Å². The first-order valence-electron chi connectivity index (χ1n) is 6.90. The fourth-order valence-corrected chi connectivity index (χ4v) is 3.60. The Balaban J connectivity index is 1.58. The van der Waals surface area contributed by atoms with Gasteiger partial charge < -0.3 is 0 Å². The van der Waals surface area contributed by atoms with Crippen LogP contribution in [-0.4, -0.2) is 26.3 Å². The molecule has 0 saturated carbocycles. The first kappa shape index (κ1) is 12.5. The molecule has 1 amide bonds. The number of benzene rings is 1. The van der Waals surface area contributed by atoms with Crippen molar-refractivity contribution in [1.29, 1.82) is 0 Å². The third-order valence-corrected chi connectivity index (χ3v) is 4.72.